The SMILES string of the molecule is C=NN(C1CC2(C1)CN(C(=O)OC(C)(C)C)C2)C(C)[C@H](C)C(C)CO. The van der Waals surface area contributed by atoms with Crippen LogP contribution in [-0.4, -0.2) is 65.2 Å². The summed E-state index contributed by atoms with van der Waals surface area (Å²) in [6.07, 6.45) is 1.87. The lowest BCUT2D eigenvalue weighted by Crippen LogP contribution is -2.68. The molecule has 1 heterocycles. The van der Waals surface area contributed by atoms with Crippen molar-refractivity contribution in [3.05, 3.63) is 0 Å². The van der Waals surface area contributed by atoms with E-state index in [4.69, 9.17) is 4.74 Å². The fourth-order valence-electron chi connectivity index (χ4n) is 4.06. The first-order valence-electron chi connectivity index (χ1n) is 9.35. The Labute approximate surface area is 152 Å². The highest BCUT2D eigenvalue weighted by atomic mass is 16.6. The Bertz CT molecular complexity index is 489. The van der Waals surface area contributed by atoms with Crippen LogP contribution in [-0.2, 0) is 4.74 Å². The van der Waals surface area contributed by atoms with Gasteiger partial charge in [-0.3, -0.25) is 5.01 Å². The van der Waals surface area contributed by atoms with Gasteiger partial charge in [0.15, 0.2) is 0 Å². The maximum atomic E-state index is 12.1. The van der Waals surface area contributed by atoms with Gasteiger partial charge in [0.1, 0.15) is 5.60 Å². The minimum atomic E-state index is -0.444. The summed E-state index contributed by atoms with van der Waals surface area (Å²) in [4.78, 5) is 13.9. The number of carbonyl (C=O) groups is 1. The van der Waals surface area contributed by atoms with Crippen LogP contribution in [0.4, 0.5) is 4.79 Å². The van der Waals surface area contributed by atoms with Gasteiger partial charge in [0, 0.05) is 43.9 Å². The van der Waals surface area contributed by atoms with E-state index in [0.717, 1.165) is 25.9 Å². The lowest BCUT2D eigenvalue weighted by atomic mass is 9.60. The minimum Gasteiger partial charge on any atom is -0.444 e. The Morgan fingerprint density at radius 3 is 2.36 bits per heavy atom. The Kier molecular flexibility index (Phi) is 5.71. The molecule has 2 aliphatic rings. The van der Waals surface area contributed by atoms with E-state index in [1.54, 1.807) is 4.90 Å². The second-order valence-corrected chi connectivity index (χ2v) is 9.18. The third-order valence-electron chi connectivity index (χ3n) is 5.94. The average Bonchev–Trinajstić information content (AvgIpc) is 2.43. The second-order valence-electron chi connectivity index (χ2n) is 9.18. The van der Waals surface area contributed by atoms with Crippen LogP contribution < -0.4 is 0 Å². The molecule has 6 heteroatoms. The molecular weight excluding hydrogens is 318 g/mol. The molecule has 1 saturated heterocycles. The van der Waals surface area contributed by atoms with Gasteiger partial charge in [-0.2, -0.15) is 5.10 Å². The lowest BCUT2D eigenvalue weighted by molar-refractivity contribution is -0.118. The van der Waals surface area contributed by atoms with E-state index in [1.165, 1.54) is 0 Å². The first-order chi connectivity index (χ1) is 11.5. The molecule has 1 saturated carbocycles. The van der Waals surface area contributed by atoms with Gasteiger partial charge in [-0.25, -0.2) is 4.79 Å². The normalized spacial score (nSPS) is 23.2. The van der Waals surface area contributed by atoms with Crippen molar-refractivity contribution in [2.75, 3.05) is 19.7 Å². The topological polar surface area (TPSA) is 65.4 Å². The predicted octanol–water partition coefficient (Wildman–Crippen LogP) is 2.96. The molecule has 0 aromatic rings. The van der Waals surface area contributed by atoms with Crippen LogP contribution in [0.1, 0.15) is 54.4 Å². The van der Waals surface area contributed by atoms with Crippen molar-refractivity contribution < 1.29 is 14.6 Å². The molecule has 25 heavy (non-hydrogen) atoms. The van der Waals surface area contributed by atoms with Crippen LogP contribution in [0.3, 0.4) is 0 Å². The summed E-state index contributed by atoms with van der Waals surface area (Å²) < 4.78 is 5.43. The maximum Gasteiger partial charge on any atom is 0.410 e. The number of hydrogen-bond acceptors (Lipinski definition) is 5. The Hall–Kier alpha value is -1.30. The molecular formula is C19H35N3O3. The Morgan fingerprint density at radius 2 is 1.92 bits per heavy atom. The number of nitrogens with zero attached hydrogens (tertiary/aromatic N) is 3. The number of ether oxygens (including phenoxy) is 1. The molecule has 1 aliphatic heterocycles. The minimum absolute atomic E-state index is 0.190. The molecule has 6 nitrogen and oxygen atoms in total. The van der Waals surface area contributed by atoms with Crippen LogP contribution in [0.15, 0.2) is 5.10 Å². The molecule has 1 amide bonds. The summed E-state index contributed by atoms with van der Waals surface area (Å²) in [5.74, 6) is 0.575. The summed E-state index contributed by atoms with van der Waals surface area (Å²) in [5, 5.41) is 15.8. The number of rotatable bonds is 6. The molecule has 0 radical (unpaired) electrons. The van der Waals surface area contributed by atoms with E-state index in [-0.39, 0.29) is 30.1 Å². The molecule has 1 N–H and O–H groups in total. The highest BCUT2D eigenvalue weighted by Crippen LogP contribution is 2.51. The van der Waals surface area contributed by atoms with E-state index in [9.17, 15) is 9.90 Å². The summed E-state index contributed by atoms with van der Waals surface area (Å²) >= 11 is 0. The summed E-state index contributed by atoms with van der Waals surface area (Å²) in [6.45, 7) is 17.6. The molecule has 144 valence electrons. The fourth-order valence-corrected chi connectivity index (χ4v) is 4.06. The maximum absolute atomic E-state index is 12.1. The monoisotopic (exact) mass is 353 g/mol. The van der Waals surface area contributed by atoms with Crippen LogP contribution in [0.5, 0.6) is 0 Å². The zero-order valence-corrected chi connectivity index (χ0v) is 16.7. The molecule has 0 aromatic heterocycles. The number of amides is 1. The zero-order chi connectivity index (χ0) is 19.0. The van der Waals surface area contributed by atoms with Crippen molar-refractivity contribution >= 4 is 12.8 Å². The van der Waals surface area contributed by atoms with Crippen molar-refractivity contribution in [1.82, 2.24) is 9.91 Å². The zero-order valence-electron chi connectivity index (χ0n) is 16.7. The molecule has 2 unspecified atom stereocenters. The van der Waals surface area contributed by atoms with Gasteiger partial charge in [0.25, 0.3) is 0 Å². The smallest absolute Gasteiger partial charge is 0.410 e. The third kappa shape index (κ3) is 4.27. The molecule has 1 aliphatic carbocycles. The predicted molar refractivity (Wildman–Crippen MR) is 99.5 cm³/mol. The van der Waals surface area contributed by atoms with Gasteiger partial charge in [0.2, 0.25) is 0 Å². The van der Waals surface area contributed by atoms with Crippen molar-refractivity contribution in [2.45, 2.75) is 72.1 Å². The highest BCUT2D eigenvalue weighted by Gasteiger charge is 2.56. The number of hydrogen-bond donors (Lipinski definition) is 1. The summed E-state index contributed by atoms with van der Waals surface area (Å²) in [5.41, 5.74) is -0.212. The quantitative estimate of drug-likeness (QED) is 0.589. The first-order valence-corrected chi connectivity index (χ1v) is 9.35. The second kappa shape index (κ2) is 7.14. The van der Waals surface area contributed by atoms with E-state index in [0.29, 0.717) is 12.0 Å². The fraction of sp³-hybridized carbons (Fsp3) is 0.895. The number of aliphatic hydroxyl groups is 1. The van der Waals surface area contributed by atoms with Gasteiger partial charge in [-0.05, 0) is 52.4 Å². The average molecular weight is 354 g/mol. The number of likely N-dealkylation sites (tertiary alicyclic amines) is 1. The van der Waals surface area contributed by atoms with E-state index < -0.39 is 5.60 Å². The van der Waals surface area contributed by atoms with Crippen molar-refractivity contribution in [3.63, 3.8) is 0 Å². The molecule has 0 bridgehead atoms. The van der Waals surface area contributed by atoms with Gasteiger partial charge in [-0.15, -0.1) is 0 Å². The van der Waals surface area contributed by atoms with Gasteiger partial charge in [0.05, 0.1) is 0 Å². The van der Waals surface area contributed by atoms with Gasteiger partial charge in [-0.1, -0.05) is 13.8 Å². The number of carbonyl (C=O) groups excluding carboxylic acids is 1. The highest BCUT2D eigenvalue weighted by molar-refractivity contribution is 5.69. The van der Waals surface area contributed by atoms with E-state index in [2.05, 4.69) is 37.6 Å². The molecule has 3 atom stereocenters. The van der Waals surface area contributed by atoms with Gasteiger partial charge >= 0.3 is 6.09 Å². The first kappa shape index (κ1) is 20.0. The number of hydrazone groups is 1. The van der Waals surface area contributed by atoms with Crippen LogP contribution in [0.25, 0.3) is 0 Å². The lowest BCUT2D eigenvalue weighted by Gasteiger charge is -2.61. The third-order valence-corrected chi connectivity index (χ3v) is 5.94. The molecule has 0 aromatic carbocycles. The van der Waals surface area contributed by atoms with Gasteiger partial charge < -0.3 is 14.7 Å². The standard InChI is InChI=1S/C19H35N3O3/c1-13(10-23)14(2)15(3)22(20-7)16-8-19(9-16)11-21(12-19)17(24)25-18(4,5)6/h13-16,23H,7-12H2,1-6H3/t13?,14-,15?/m1/s1. The van der Waals surface area contributed by atoms with E-state index >= 15 is 0 Å². The van der Waals surface area contributed by atoms with Crippen molar-refractivity contribution in [2.24, 2.45) is 22.4 Å². The van der Waals surface area contributed by atoms with Crippen LogP contribution >= 0.6 is 0 Å². The van der Waals surface area contributed by atoms with Crippen LogP contribution in [0.2, 0.25) is 0 Å². The van der Waals surface area contributed by atoms with E-state index in [1.807, 2.05) is 20.8 Å². The summed E-state index contributed by atoms with van der Waals surface area (Å²) in [7, 11) is 0. The summed E-state index contributed by atoms with van der Waals surface area (Å²) in [6, 6.07) is 0.616. The Morgan fingerprint density at radius 1 is 1.36 bits per heavy atom. The molecule has 2 fully saturated rings. The number of aliphatic hydroxyl groups excluding tert-OH is 1. The molecule has 2 rings (SSSR count). The largest absolute Gasteiger partial charge is 0.444 e. The van der Waals surface area contributed by atoms with Crippen LogP contribution in [0, 0.1) is 17.3 Å². The van der Waals surface area contributed by atoms with Crippen molar-refractivity contribution in [3.8, 4) is 0 Å². The Balaban J connectivity index is 1.83. The van der Waals surface area contributed by atoms with Crippen molar-refractivity contribution in [1.29, 1.82) is 0 Å². The molecule has 1 spiro atoms.